The van der Waals surface area contributed by atoms with E-state index < -0.39 is 0 Å². The van der Waals surface area contributed by atoms with Gasteiger partial charge in [0.15, 0.2) is 11.6 Å². The van der Waals surface area contributed by atoms with Crippen molar-refractivity contribution in [3.8, 4) is 5.75 Å². The number of halogens is 1. The Balaban J connectivity index is 1.85. The Bertz CT molecular complexity index is 488. The molecular weight excluding hydrogens is 269 g/mol. The third-order valence-corrected chi connectivity index (χ3v) is 4.66. The highest BCUT2D eigenvalue weighted by Gasteiger charge is 2.37. The van der Waals surface area contributed by atoms with Gasteiger partial charge >= 0.3 is 0 Å². The summed E-state index contributed by atoms with van der Waals surface area (Å²) in [4.78, 5) is 5.05. The predicted octanol–water partition coefficient (Wildman–Crippen LogP) is 1.48. The molecule has 3 aliphatic rings. The zero-order valence-corrected chi connectivity index (χ0v) is 12.8. The monoisotopic (exact) mass is 293 g/mol. The van der Waals surface area contributed by atoms with Gasteiger partial charge in [-0.25, -0.2) is 4.39 Å². The molecule has 2 atom stereocenters. The van der Waals surface area contributed by atoms with Crippen LogP contribution in [0.5, 0.6) is 5.75 Å². The number of nitrogens with zero attached hydrogens (tertiary/aromatic N) is 2. The van der Waals surface area contributed by atoms with E-state index >= 15 is 0 Å². The van der Waals surface area contributed by atoms with E-state index in [9.17, 15) is 4.39 Å². The second kappa shape index (κ2) is 6.30. The molecule has 4 nitrogen and oxygen atoms in total. The van der Waals surface area contributed by atoms with E-state index in [0.717, 1.165) is 44.8 Å². The average Bonchev–Trinajstić information content (AvgIpc) is 2.53. The van der Waals surface area contributed by atoms with Gasteiger partial charge in [0, 0.05) is 44.8 Å². The molecular formula is C16H24FN3O. The summed E-state index contributed by atoms with van der Waals surface area (Å²) in [5.74, 6) is 0.0254. The largest absolute Gasteiger partial charge is 0.494 e. The van der Waals surface area contributed by atoms with Crippen molar-refractivity contribution in [2.24, 2.45) is 0 Å². The molecule has 3 saturated heterocycles. The number of piperazine rings is 3. The number of benzene rings is 1. The van der Waals surface area contributed by atoms with Gasteiger partial charge in [-0.15, -0.1) is 0 Å². The van der Waals surface area contributed by atoms with Crippen LogP contribution in [0, 0.1) is 5.82 Å². The van der Waals surface area contributed by atoms with Crippen LogP contribution in [0.25, 0.3) is 0 Å². The summed E-state index contributed by atoms with van der Waals surface area (Å²) in [7, 11) is 1.50. The molecule has 1 aromatic carbocycles. The quantitative estimate of drug-likeness (QED) is 0.890. The van der Waals surface area contributed by atoms with Crippen LogP contribution in [0.1, 0.15) is 18.5 Å². The highest BCUT2D eigenvalue weighted by molar-refractivity contribution is 5.32. The van der Waals surface area contributed by atoms with E-state index in [-0.39, 0.29) is 11.9 Å². The predicted molar refractivity (Wildman–Crippen MR) is 81.2 cm³/mol. The van der Waals surface area contributed by atoms with Gasteiger partial charge in [-0.05, 0) is 24.2 Å². The van der Waals surface area contributed by atoms with Gasteiger partial charge < -0.3 is 10.1 Å². The summed E-state index contributed by atoms with van der Waals surface area (Å²) >= 11 is 0. The Labute approximate surface area is 125 Å². The van der Waals surface area contributed by atoms with E-state index in [1.54, 1.807) is 12.1 Å². The second-order valence-corrected chi connectivity index (χ2v) is 5.83. The van der Waals surface area contributed by atoms with Gasteiger partial charge in [-0.3, -0.25) is 9.80 Å². The molecule has 21 heavy (non-hydrogen) atoms. The number of likely N-dealkylation sites (N-methyl/N-ethyl adjacent to an activating group) is 1. The summed E-state index contributed by atoms with van der Waals surface area (Å²) in [6.45, 7) is 8.59. The van der Waals surface area contributed by atoms with Gasteiger partial charge in [-0.2, -0.15) is 0 Å². The summed E-state index contributed by atoms with van der Waals surface area (Å²) in [6, 6.07) is 5.91. The van der Waals surface area contributed by atoms with Crippen molar-refractivity contribution in [3.05, 3.63) is 29.6 Å². The minimum Gasteiger partial charge on any atom is -0.494 e. The number of rotatable bonds is 5. The maximum absolute atomic E-state index is 14.0. The molecule has 0 spiro atoms. The molecule has 1 aromatic rings. The topological polar surface area (TPSA) is 27.7 Å². The lowest BCUT2D eigenvalue weighted by atomic mass is 9.93. The summed E-state index contributed by atoms with van der Waals surface area (Å²) in [6.07, 6.45) is 0. The van der Waals surface area contributed by atoms with Crippen LogP contribution in [-0.4, -0.2) is 62.2 Å². The fraction of sp³-hybridized carbons (Fsp3) is 0.625. The molecule has 0 amide bonds. The lowest BCUT2D eigenvalue weighted by molar-refractivity contribution is -0.00347. The molecule has 3 fully saturated rings. The molecule has 5 heteroatoms. The van der Waals surface area contributed by atoms with E-state index in [1.807, 2.05) is 6.07 Å². The molecule has 3 heterocycles. The molecule has 2 unspecified atom stereocenters. The third-order valence-electron chi connectivity index (χ3n) is 4.66. The highest BCUT2D eigenvalue weighted by atomic mass is 19.1. The maximum atomic E-state index is 14.0. The molecule has 2 bridgehead atoms. The zero-order chi connectivity index (χ0) is 14.8. The smallest absolute Gasteiger partial charge is 0.165 e. The van der Waals surface area contributed by atoms with E-state index in [4.69, 9.17) is 4.74 Å². The summed E-state index contributed by atoms with van der Waals surface area (Å²) in [5.41, 5.74) is 1.01. The zero-order valence-electron chi connectivity index (χ0n) is 12.8. The number of ether oxygens (including phenoxy) is 1. The first kappa shape index (κ1) is 14.8. The summed E-state index contributed by atoms with van der Waals surface area (Å²) < 4.78 is 19.0. The SMILES string of the molecule is CCNC(c1ccc(OC)c(F)c1)C1CN2CCN1CC2. The normalized spacial score (nSPS) is 29.4. The van der Waals surface area contributed by atoms with Gasteiger partial charge in [0.1, 0.15) is 0 Å². The Morgan fingerprint density at radius 1 is 1.33 bits per heavy atom. The van der Waals surface area contributed by atoms with Crippen LogP contribution in [0.15, 0.2) is 18.2 Å². The Morgan fingerprint density at radius 2 is 2.10 bits per heavy atom. The fourth-order valence-electron chi connectivity index (χ4n) is 3.55. The minimum absolute atomic E-state index is 0.165. The lowest BCUT2D eigenvalue weighted by Crippen LogP contribution is -2.63. The number of nitrogens with one attached hydrogen (secondary N) is 1. The molecule has 0 aromatic heterocycles. The lowest BCUT2D eigenvalue weighted by Gasteiger charge is -2.50. The highest BCUT2D eigenvalue weighted by Crippen LogP contribution is 2.29. The standard InChI is InChI=1S/C16H24FN3O/c1-3-18-16(12-4-5-15(21-2)13(17)10-12)14-11-19-6-8-20(14)9-7-19/h4-5,10,14,16,18H,3,6-9,11H2,1-2H3. The Hall–Kier alpha value is -1.17. The number of fused-ring (bicyclic) bond motifs is 3. The molecule has 0 saturated carbocycles. The van der Waals surface area contributed by atoms with Crippen LogP contribution in [0.4, 0.5) is 4.39 Å². The van der Waals surface area contributed by atoms with Crippen molar-refractivity contribution in [1.29, 1.82) is 0 Å². The first-order valence-electron chi connectivity index (χ1n) is 7.76. The molecule has 4 rings (SSSR count). The van der Waals surface area contributed by atoms with Gasteiger partial charge in [-0.1, -0.05) is 13.0 Å². The molecule has 0 aliphatic carbocycles. The molecule has 1 N–H and O–H groups in total. The first-order valence-corrected chi connectivity index (χ1v) is 7.76. The van der Waals surface area contributed by atoms with E-state index in [1.165, 1.54) is 7.11 Å². The van der Waals surface area contributed by atoms with Crippen LogP contribution >= 0.6 is 0 Å². The van der Waals surface area contributed by atoms with Crippen molar-refractivity contribution in [1.82, 2.24) is 15.1 Å². The number of hydrogen-bond acceptors (Lipinski definition) is 4. The van der Waals surface area contributed by atoms with Gasteiger partial charge in [0.25, 0.3) is 0 Å². The molecule has 3 aliphatic heterocycles. The number of methoxy groups -OCH3 is 1. The van der Waals surface area contributed by atoms with Gasteiger partial charge in [0.2, 0.25) is 0 Å². The maximum Gasteiger partial charge on any atom is 0.165 e. The van der Waals surface area contributed by atoms with Gasteiger partial charge in [0.05, 0.1) is 7.11 Å². The van der Waals surface area contributed by atoms with Crippen LogP contribution in [0.2, 0.25) is 0 Å². The molecule has 0 radical (unpaired) electrons. The third kappa shape index (κ3) is 2.91. The van der Waals surface area contributed by atoms with E-state index in [2.05, 4.69) is 22.0 Å². The average molecular weight is 293 g/mol. The minimum atomic E-state index is -0.283. The van der Waals surface area contributed by atoms with Crippen molar-refractivity contribution in [2.75, 3.05) is 46.4 Å². The summed E-state index contributed by atoms with van der Waals surface area (Å²) in [5, 5.41) is 3.54. The Morgan fingerprint density at radius 3 is 2.62 bits per heavy atom. The van der Waals surface area contributed by atoms with Crippen LogP contribution in [-0.2, 0) is 0 Å². The number of hydrogen-bond donors (Lipinski definition) is 1. The first-order chi connectivity index (χ1) is 10.2. The Kier molecular flexibility index (Phi) is 4.42. The van der Waals surface area contributed by atoms with Crippen molar-refractivity contribution in [2.45, 2.75) is 19.0 Å². The van der Waals surface area contributed by atoms with Crippen LogP contribution in [0.3, 0.4) is 0 Å². The molecule has 116 valence electrons. The van der Waals surface area contributed by atoms with Crippen molar-refractivity contribution in [3.63, 3.8) is 0 Å². The second-order valence-electron chi connectivity index (χ2n) is 5.83. The van der Waals surface area contributed by atoms with E-state index in [0.29, 0.717) is 11.8 Å². The van der Waals surface area contributed by atoms with Crippen molar-refractivity contribution >= 4 is 0 Å². The van der Waals surface area contributed by atoms with Crippen molar-refractivity contribution < 1.29 is 9.13 Å². The fourth-order valence-corrected chi connectivity index (χ4v) is 3.55. The van der Waals surface area contributed by atoms with Crippen LogP contribution < -0.4 is 10.1 Å².